The van der Waals surface area contributed by atoms with Crippen LogP contribution in [0.1, 0.15) is 29.8 Å². The molecule has 28 heavy (non-hydrogen) atoms. The fourth-order valence-electron chi connectivity index (χ4n) is 3.01. The second-order valence-corrected chi connectivity index (χ2v) is 6.56. The highest BCUT2D eigenvalue weighted by Crippen LogP contribution is 2.25. The Morgan fingerprint density at radius 2 is 1.82 bits per heavy atom. The summed E-state index contributed by atoms with van der Waals surface area (Å²) in [5, 5.41) is 3.22. The SMILES string of the molecule is CCOC(=O)c1ccc(CNC(=NC)N2CCN(C(C)C(F)(F)F)CC2)cc1. The lowest BCUT2D eigenvalue weighted by atomic mass is 10.1. The van der Waals surface area contributed by atoms with Crippen LogP contribution in [0.15, 0.2) is 29.3 Å². The van der Waals surface area contributed by atoms with E-state index in [-0.39, 0.29) is 5.97 Å². The summed E-state index contributed by atoms with van der Waals surface area (Å²) in [7, 11) is 1.65. The van der Waals surface area contributed by atoms with Crippen molar-refractivity contribution in [3.05, 3.63) is 35.4 Å². The molecule has 1 aliphatic heterocycles. The zero-order valence-corrected chi connectivity index (χ0v) is 16.4. The van der Waals surface area contributed by atoms with Crippen molar-refractivity contribution in [3.8, 4) is 0 Å². The molecule has 1 unspecified atom stereocenters. The number of alkyl halides is 3. The van der Waals surface area contributed by atoms with E-state index in [0.717, 1.165) is 5.56 Å². The van der Waals surface area contributed by atoms with Gasteiger partial charge in [0, 0.05) is 39.8 Å². The molecular weight excluding hydrogens is 373 g/mol. The number of piperazine rings is 1. The first-order valence-electron chi connectivity index (χ1n) is 9.28. The zero-order valence-electron chi connectivity index (χ0n) is 16.4. The lowest BCUT2D eigenvalue weighted by molar-refractivity contribution is -0.181. The molecule has 1 saturated heterocycles. The van der Waals surface area contributed by atoms with Gasteiger partial charge in [-0.05, 0) is 31.5 Å². The smallest absolute Gasteiger partial charge is 0.403 e. The largest absolute Gasteiger partial charge is 0.462 e. The molecule has 2 rings (SSSR count). The van der Waals surface area contributed by atoms with Crippen LogP contribution in [-0.4, -0.2) is 73.8 Å². The third kappa shape index (κ3) is 5.85. The van der Waals surface area contributed by atoms with Gasteiger partial charge < -0.3 is 15.0 Å². The predicted molar refractivity (Wildman–Crippen MR) is 101 cm³/mol. The number of carbonyl (C=O) groups excluding carboxylic acids is 1. The van der Waals surface area contributed by atoms with Crippen molar-refractivity contribution in [1.82, 2.24) is 15.1 Å². The molecule has 1 heterocycles. The van der Waals surface area contributed by atoms with E-state index in [9.17, 15) is 18.0 Å². The van der Waals surface area contributed by atoms with E-state index in [2.05, 4.69) is 10.3 Å². The third-order valence-corrected chi connectivity index (χ3v) is 4.76. The van der Waals surface area contributed by atoms with E-state index in [1.165, 1.54) is 11.8 Å². The molecule has 6 nitrogen and oxygen atoms in total. The number of hydrogen-bond acceptors (Lipinski definition) is 4. The van der Waals surface area contributed by atoms with Crippen molar-refractivity contribution >= 4 is 11.9 Å². The van der Waals surface area contributed by atoms with Crippen LogP contribution in [-0.2, 0) is 11.3 Å². The van der Waals surface area contributed by atoms with Crippen molar-refractivity contribution in [2.24, 2.45) is 4.99 Å². The summed E-state index contributed by atoms with van der Waals surface area (Å²) >= 11 is 0. The van der Waals surface area contributed by atoms with Gasteiger partial charge in [0.05, 0.1) is 12.2 Å². The van der Waals surface area contributed by atoms with Gasteiger partial charge in [-0.2, -0.15) is 13.2 Å². The van der Waals surface area contributed by atoms with Crippen molar-refractivity contribution in [1.29, 1.82) is 0 Å². The Balaban J connectivity index is 1.86. The van der Waals surface area contributed by atoms with E-state index in [1.54, 1.807) is 26.1 Å². The molecule has 0 aromatic heterocycles. The second-order valence-electron chi connectivity index (χ2n) is 6.56. The predicted octanol–water partition coefficient (Wildman–Crippen LogP) is 2.51. The van der Waals surface area contributed by atoms with Gasteiger partial charge in [-0.3, -0.25) is 9.89 Å². The maximum absolute atomic E-state index is 12.9. The summed E-state index contributed by atoms with van der Waals surface area (Å²) in [6.07, 6.45) is -4.21. The number of benzene rings is 1. The van der Waals surface area contributed by atoms with Crippen LogP contribution < -0.4 is 5.32 Å². The average molecular weight is 400 g/mol. The first-order chi connectivity index (χ1) is 13.3. The average Bonchev–Trinajstić information content (AvgIpc) is 2.68. The molecule has 1 aromatic rings. The van der Waals surface area contributed by atoms with Gasteiger partial charge in [0.15, 0.2) is 5.96 Å². The van der Waals surface area contributed by atoms with Crippen molar-refractivity contribution in [3.63, 3.8) is 0 Å². The highest BCUT2D eigenvalue weighted by atomic mass is 19.4. The van der Waals surface area contributed by atoms with Crippen LogP contribution in [0.5, 0.6) is 0 Å². The molecule has 0 amide bonds. The van der Waals surface area contributed by atoms with Gasteiger partial charge in [-0.15, -0.1) is 0 Å². The Morgan fingerprint density at radius 1 is 1.21 bits per heavy atom. The van der Waals surface area contributed by atoms with Crippen LogP contribution in [0.25, 0.3) is 0 Å². The number of nitrogens with zero attached hydrogens (tertiary/aromatic N) is 3. The van der Waals surface area contributed by atoms with E-state index in [1.807, 2.05) is 17.0 Å². The molecule has 9 heteroatoms. The summed E-state index contributed by atoms with van der Waals surface area (Å²) in [5.41, 5.74) is 1.45. The standard InChI is InChI=1S/C19H27F3N4O2/c1-4-28-17(27)16-7-5-15(6-8-16)13-24-18(23-3)26-11-9-25(10-12-26)14(2)19(20,21)22/h5-8,14H,4,9-13H2,1-3H3,(H,23,24). The quantitative estimate of drug-likeness (QED) is 0.468. The molecule has 156 valence electrons. The van der Waals surface area contributed by atoms with E-state index < -0.39 is 12.2 Å². The summed E-state index contributed by atoms with van der Waals surface area (Å²) in [4.78, 5) is 19.3. The van der Waals surface area contributed by atoms with E-state index >= 15 is 0 Å². The Morgan fingerprint density at radius 3 is 2.32 bits per heavy atom. The first-order valence-corrected chi connectivity index (χ1v) is 9.28. The van der Waals surface area contributed by atoms with Crippen LogP contribution in [0.4, 0.5) is 13.2 Å². The number of nitrogens with one attached hydrogen (secondary N) is 1. The fraction of sp³-hybridized carbons (Fsp3) is 0.579. The first kappa shape index (κ1) is 22.0. The molecule has 0 radical (unpaired) electrons. The molecule has 1 aliphatic rings. The van der Waals surface area contributed by atoms with E-state index in [0.29, 0.717) is 50.9 Å². The van der Waals surface area contributed by atoms with Crippen LogP contribution in [0.3, 0.4) is 0 Å². The fourth-order valence-corrected chi connectivity index (χ4v) is 3.01. The molecule has 0 saturated carbocycles. The number of esters is 1. The number of guanidine groups is 1. The van der Waals surface area contributed by atoms with Gasteiger partial charge in [-0.25, -0.2) is 4.79 Å². The third-order valence-electron chi connectivity index (χ3n) is 4.76. The number of carbonyl (C=O) groups is 1. The molecule has 0 spiro atoms. The molecule has 1 N–H and O–H groups in total. The Labute approximate surface area is 163 Å². The lowest BCUT2D eigenvalue weighted by Crippen LogP contribution is -2.56. The van der Waals surface area contributed by atoms with Gasteiger partial charge in [-0.1, -0.05) is 12.1 Å². The van der Waals surface area contributed by atoms with Crippen LogP contribution in [0.2, 0.25) is 0 Å². The van der Waals surface area contributed by atoms with Crippen molar-refractivity contribution in [2.45, 2.75) is 32.6 Å². The summed E-state index contributed by atoms with van der Waals surface area (Å²) < 4.78 is 43.5. The number of rotatable bonds is 5. The Hall–Kier alpha value is -2.29. The van der Waals surface area contributed by atoms with Crippen LogP contribution in [0, 0.1) is 0 Å². The summed E-state index contributed by atoms with van der Waals surface area (Å²) in [6, 6.07) is 5.62. The number of aliphatic imine (C=N–C) groups is 1. The topological polar surface area (TPSA) is 57.2 Å². The minimum Gasteiger partial charge on any atom is -0.462 e. The van der Waals surface area contributed by atoms with Gasteiger partial charge >= 0.3 is 12.1 Å². The maximum Gasteiger partial charge on any atom is 0.403 e. The van der Waals surface area contributed by atoms with Crippen LogP contribution >= 0.6 is 0 Å². The highest BCUT2D eigenvalue weighted by Gasteiger charge is 2.41. The highest BCUT2D eigenvalue weighted by molar-refractivity contribution is 5.89. The van der Waals surface area contributed by atoms with Gasteiger partial charge in [0.25, 0.3) is 0 Å². The minimum absolute atomic E-state index is 0.327. The summed E-state index contributed by atoms with van der Waals surface area (Å²) in [5.74, 6) is 0.289. The lowest BCUT2D eigenvalue weighted by Gasteiger charge is -2.39. The number of ether oxygens (including phenoxy) is 1. The van der Waals surface area contributed by atoms with Crippen molar-refractivity contribution < 1.29 is 22.7 Å². The number of halogens is 3. The molecule has 1 aromatic carbocycles. The molecule has 1 fully saturated rings. The monoisotopic (exact) mass is 400 g/mol. The molecule has 0 aliphatic carbocycles. The molecule has 1 atom stereocenters. The Bertz CT molecular complexity index is 669. The Kier molecular flexibility index (Phi) is 7.68. The minimum atomic E-state index is -4.21. The second kappa shape index (κ2) is 9.77. The van der Waals surface area contributed by atoms with Gasteiger partial charge in [0.1, 0.15) is 6.04 Å². The normalized spacial score (nSPS) is 17.4. The van der Waals surface area contributed by atoms with Crippen molar-refractivity contribution in [2.75, 3.05) is 39.8 Å². The molecular formula is C19H27F3N4O2. The zero-order chi connectivity index (χ0) is 20.7. The van der Waals surface area contributed by atoms with E-state index in [4.69, 9.17) is 4.74 Å². The molecule has 0 bridgehead atoms. The summed E-state index contributed by atoms with van der Waals surface area (Å²) in [6.45, 7) is 5.38. The van der Waals surface area contributed by atoms with Gasteiger partial charge in [0.2, 0.25) is 0 Å². The maximum atomic E-state index is 12.9. The number of hydrogen-bond donors (Lipinski definition) is 1.